The van der Waals surface area contributed by atoms with E-state index in [4.69, 9.17) is 9.84 Å². The molecule has 38 heavy (non-hydrogen) atoms. The molecule has 7 rings (SSSR count). The molecule has 3 saturated carbocycles. The fourth-order valence-corrected chi connectivity index (χ4v) is 11.3. The van der Waals surface area contributed by atoms with Gasteiger partial charge in [-0.05, 0) is 85.0 Å². The highest BCUT2D eigenvalue weighted by Gasteiger charge is 2.68. The first-order chi connectivity index (χ1) is 18.1. The molecule has 6 nitrogen and oxygen atoms in total. The van der Waals surface area contributed by atoms with E-state index in [1.54, 1.807) is 16.9 Å². The van der Waals surface area contributed by atoms with Crippen molar-refractivity contribution in [3.05, 3.63) is 35.5 Å². The Kier molecular flexibility index (Phi) is 5.44. The van der Waals surface area contributed by atoms with Crippen LogP contribution in [0, 0.1) is 45.3 Å². The zero-order valence-electron chi connectivity index (χ0n) is 23.2. The molecule has 2 aromatic rings. The summed E-state index contributed by atoms with van der Waals surface area (Å²) in [5.74, 6) is 0.361. The Hall–Kier alpha value is -1.99. The molecule has 2 bridgehead atoms. The first kappa shape index (κ1) is 25.0. The van der Waals surface area contributed by atoms with Crippen LogP contribution in [-0.2, 0) is 9.53 Å². The molecular weight excluding hydrogens is 494 g/mol. The van der Waals surface area contributed by atoms with Crippen molar-refractivity contribution in [1.82, 2.24) is 14.8 Å². The number of hydrogen-bond donors (Lipinski definition) is 1. The molecule has 0 radical (unpaired) electrons. The van der Waals surface area contributed by atoms with Crippen molar-refractivity contribution in [1.29, 1.82) is 0 Å². The predicted molar refractivity (Wildman–Crippen MR) is 148 cm³/mol. The van der Waals surface area contributed by atoms with Gasteiger partial charge >= 0.3 is 5.97 Å². The predicted octanol–water partition coefficient (Wildman–Crippen LogP) is 6.86. The van der Waals surface area contributed by atoms with E-state index in [2.05, 4.69) is 49.5 Å². The highest BCUT2D eigenvalue weighted by molar-refractivity contribution is 7.13. The van der Waals surface area contributed by atoms with Gasteiger partial charge in [0.1, 0.15) is 5.01 Å². The van der Waals surface area contributed by atoms with E-state index in [9.17, 15) is 9.90 Å². The van der Waals surface area contributed by atoms with Crippen LogP contribution in [0.4, 0.5) is 0 Å². The number of thiazole rings is 1. The van der Waals surface area contributed by atoms with Crippen LogP contribution in [0.3, 0.4) is 0 Å². The van der Waals surface area contributed by atoms with Crippen molar-refractivity contribution in [3.8, 4) is 10.7 Å². The van der Waals surface area contributed by atoms with Crippen molar-refractivity contribution >= 4 is 17.3 Å². The second kappa shape index (κ2) is 8.26. The van der Waals surface area contributed by atoms with Crippen molar-refractivity contribution in [3.63, 3.8) is 0 Å². The molecule has 3 heterocycles. The molecule has 9 unspecified atom stereocenters. The van der Waals surface area contributed by atoms with Gasteiger partial charge in [-0.3, -0.25) is 9.48 Å². The standard InChI is InChI=1S/C31H41N3O3S/c1-19-7-10-29(3)21-5-6-24-28(2)15-20(34-23(9-12-33-34)26-32-13-14-38-26)16-31(24,18-37-17-28)22(21)8-11-30(29,4)25(19)27(35)36/h8-9,12-14,19-21,24-25H,5-7,10-11,15-18H2,1-4H3,(H,35,36). The normalized spacial score (nSPS) is 45.9. The topological polar surface area (TPSA) is 77.2 Å². The number of aliphatic carboxylic acids is 1. The zero-order chi connectivity index (χ0) is 26.5. The Balaban J connectivity index is 1.33. The first-order valence-corrected chi connectivity index (χ1v) is 15.5. The van der Waals surface area contributed by atoms with Gasteiger partial charge in [-0.1, -0.05) is 39.3 Å². The van der Waals surface area contributed by atoms with Gasteiger partial charge in [0, 0.05) is 23.2 Å². The van der Waals surface area contributed by atoms with E-state index in [-0.39, 0.29) is 33.5 Å². The second-order valence-electron chi connectivity index (χ2n) is 14.1. The van der Waals surface area contributed by atoms with Crippen molar-refractivity contribution in [2.45, 2.75) is 78.7 Å². The van der Waals surface area contributed by atoms with Gasteiger partial charge in [-0.15, -0.1) is 11.3 Å². The monoisotopic (exact) mass is 535 g/mol. The molecule has 4 aliphatic carbocycles. The van der Waals surface area contributed by atoms with Crippen LogP contribution >= 0.6 is 11.3 Å². The van der Waals surface area contributed by atoms with E-state index in [0.717, 1.165) is 56.0 Å². The molecule has 5 aliphatic rings. The molecule has 0 amide bonds. The summed E-state index contributed by atoms with van der Waals surface area (Å²) in [5, 5.41) is 18.3. The van der Waals surface area contributed by atoms with E-state index in [1.165, 1.54) is 12.8 Å². The van der Waals surface area contributed by atoms with Crippen molar-refractivity contribution < 1.29 is 14.6 Å². The molecule has 7 heteroatoms. The number of nitrogens with zero attached hydrogens (tertiary/aromatic N) is 3. The van der Waals surface area contributed by atoms with Gasteiger partial charge < -0.3 is 9.84 Å². The summed E-state index contributed by atoms with van der Waals surface area (Å²) in [7, 11) is 0. The highest BCUT2D eigenvalue weighted by atomic mass is 32.1. The number of allylic oxidation sites excluding steroid dienone is 1. The Morgan fingerprint density at radius 1 is 1.13 bits per heavy atom. The number of carboxylic acid groups (broad SMARTS) is 1. The lowest BCUT2D eigenvalue weighted by Gasteiger charge is -2.69. The van der Waals surface area contributed by atoms with Crippen LogP contribution in [0.2, 0.25) is 0 Å². The van der Waals surface area contributed by atoms with E-state index in [0.29, 0.717) is 17.9 Å². The highest BCUT2D eigenvalue weighted by Crippen LogP contribution is 2.73. The number of fused-ring (bicyclic) bond motifs is 3. The number of aromatic nitrogens is 3. The van der Waals surface area contributed by atoms with Crippen LogP contribution in [-0.4, -0.2) is 39.1 Å². The average Bonchev–Trinajstić information content (AvgIpc) is 3.56. The van der Waals surface area contributed by atoms with Gasteiger partial charge in [0.25, 0.3) is 0 Å². The minimum Gasteiger partial charge on any atom is -0.481 e. The SMILES string of the molecule is CC1CCC2(C)C3CCC4C5(C)COCC4(CC(n4nccc4-c4nccs4)C5)C3=CCC2(C)C1C(=O)O. The molecule has 1 saturated heterocycles. The van der Waals surface area contributed by atoms with Crippen LogP contribution in [0.5, 0.6) is 0 Å². The molecule has 1 aliphatic heterocycles. The fourth-order valence-electron chi connectivity index (χ4n) is 10.7. The molecule has 1 N–H and O–H groups in total. The summed E-state index contributed by atoms with van der Waals surface area (Å²) in [4.78, 5) is 17.2. The Morgan fingerprint density at radius 2 is 1.97 bits per heavy atom. The summed E-state index contributed by atoms with van der Waals surface area (Å²) in [6.07, 6.45) is 13.8. The minimum atomic E-state index is -0.602. The lowest BCUT2D eigenvalue weighted by Crippen LogP contribution is -2.64. The summed E-state index contributed by atoms with van der Waals surface area (Å²) in [6.45, 7) is 11.0. The van der Waals surface area contributed by atoms with E-state index >= 15 is 0 Å². The van der Waals surface area contributed by atoms with E-state index in [1.807, 2.05) is 17.8 Å². The summed E-state index contributed by atoms with van der Waals surface area (Å²) in [6, 6.07) is 2.41. The number of carbonyl (C=O) groups is 1. The minimum absolute atomic E-state index is 0.00292. The van der Waals surface area contributed by atoms with Gasteiger partial charge in [0.15, 0.2) is 0 Å². The molecule has 2 aromatic heterocycles. The third-order valence-electron chi connectivity index (χ3n) is 12.4. The third-order valence-corrected chi connectivity index (χ3v) is 13.2. The molecule has 0 aromatic carbocycles. The molecule has 204 valence electrons. The second-order valence-corrected chi connectivity index (χ2v) is 15.0. The smallest absolute Gasteiger partial charge is 0.307 e. The Bertz CT molecular complexity index is 1290. The van der Waals surface area contributed by atoms with Gasteiger partial charge in [-0.25, -0.2) is 4.98 Å². The van der Waals surface area contributed by atoms with Crippen LogP contribution < -0.4 is 0 Å². The first-order valence-electron chi connectivity index (χ1n) is 14.6. The van der Waals surface area contributed by atoms with Gasteiger partial charge in [-0.2, -0.15) is 5.10 Å². The maximum Gasteiger partial charge on any atom is 0.307 e. The quantitative estimate of drug-likeness (QED) is 0.434. The summed E-state index contributed by atoms with van der Waals surface area (Å²) in [5.41, 5.74) is 2.59. The lowest BCUT2D eigenvalue weighted by atomic mass is 9.36. The van der Waals surface area contributed by atoms with E-state index < -0.39 is 5.97 Å². The van der Waals surface area contributed by atoms with Crippen LogP contribution in [0.1, 0.15) is 78.7 Å². The third kappa shape index (κ3) is 3.12. The fraction of sp³-hybridized carbons (Fsp3) is 0.710. The largest absolute Gasteiger partial charge is 0.481 e. The maximum atomic E-state index is 12.6. The zero-order valence-corrected chi connectivity index (χ0v) is 24.0. The van der Waals surface area contributed by atoms with Crippen LogP contribution in [0.15, 0.2) is 35.5 Å². The van der Waals surface area contributed by atoms with Crippen LogP contribution in [0.25, 0.3) is 10.7 Å². The number of ether oxygens (including phenoxy) is 1. The number of carboxylic acids is 1. The maximum absolute atomic E-state index is 12.6. The molecule has 4 fully saturated rings. The molecule has 9 atom stereocenters. The average molecular weight is 536 g/mol. The summed E-state index contributed by atoms with van der Waals surface area (Å²) >= 11 is 1.68. The lowest BCUT2D eigenvalue weighted by molar-refractivity contribution is -0.200. The Morgan fingerprint density at radius 3 is 2.74 bits per heavy atom. The number of hydrogen-bond acceptors (Lipinski definition) is 5. The number of rotatable bonds is 3. The molecular formula is C31H41N3O3S. The summed E-state index contributed by atoms with van der Waals surface area (Å²) < 4.78 is 8.78. The van der Waals surface area contributed by atoms with Gasteiger partial charge in [0.2, 0.25) is 0 Å². The van der Waals surface area contributed by atoms with Gasteiger partial charge in [0.05, 0.1) is 30.9 Å². The van der Waals surface area contributed by atoms with Crippen molar-refractivity contribution in [2.24, 2.45) is 45.3 Å². The molecule has 0 spiro atoms. The Labute approximate surface area is 229 Å². The van der Waals surface area contributed by atoms with Crippen molar-refractivity contribution in [2.75, 3.05) is 13.2 Å².